The fraction of sp³-hybridized carbons (Fsp3) is 0.583. The molecule has 1 rings (SSSR count). The standard InChI is InChI=1S/C12H20N4O3/c1-2-16-9-7-10(15-16)14-12(19)13-8-5-3-4-6-11(17)18/h7,9H,2-6,8H2,1H3,(H,17,18)(H2,13,14,15,19). The average molecular weight is 268 g/mol. The van der Waals surface area contributed by atoms with E-state index in [-0.39, 0.29) is 12.5 Å². The number of hydrogen-bond acceptors (Lipinski definition) is 3. The van der Waals surface area contributed by atoms with Gasteiger partial charge in [0.25, 0.3) is 0 Å². The number of nitrogens with one attached hydrogen (secondary N) is 2. The Morgan fingerprint density at radius 2 is 2.16 bits per heavy atom. The predicted molar refractivity (Wildman–Crippen MR) is 71.0 cm³/mol. The van der Waals surface area contributed by atoms with Gasteiger partial charge in [-0.15, -0.1) is 0 Å². The van der Waals surface area contributed by atoms with Crippen LogP contribution in [0, 0.1) is 0 Å². The third-order valence-corrected chi connectivity index (χ3v) is 2.56. The maximum absolute atomic E-state index is 11.5. The number of aliphatic carboxylic acids is 1. The number of nitrogens with zero attached hydrogens (tertiary/aromatic N) is 2. The van der Waals surface area contributed by atoms with Crippen LogP contribution in [0.1, 0.15) is 32.6 Å². The fourth-order valence-corrected chi connectivity index (χ4v) is 1.54. The van der Waals surface area contributed by atoms with E-state index in [9.17, 15) is 9.59 Å². The van der Waals surface area contributed by atoms with Gasteiger partial charge in [0.1, 0.15) is 0 Å². The van der Waals surface area contributed by atoms with E-state index >= 15 is 0 Å². The smallest absolute Gasteiger partial charge is 0.320 e. The van der Waals surface area contributed by atoms with Gasteiger partial charge >= 0.3 is 12.0 Å². The van der Waals surface area contributed by atoms with Gasteiger partial charge in [0.05, 0.1) is 0 Å². The van der Waals surface area contributed by atoms with E-state index in [2.05, 4.69) is 15.7 Å². The van der Waals surface area contributed by atoms with E-state index in [0.717, 1.165) is 19.4 Å². The number of rotatable bonds is 8. The first-order valence-electron chi connectivity index (χ1n) is 6.42. The largest absolute Gasteiger partial charge is 0.481 e. The van der Waals surface area contributed by atoms with Gasteiger partial charge in [-0.2, -0.15) is 5.10 Å². The molecule has 0 fully saturated rings. The Kier molecular flexibility index (Phi) is 6.42. The van der Waals surface area contributed by atoms with Gasteiger partial charge in [0.15, 0.2) is 5.82 Å². The Bertz CT molecular complexity index is 417. The van der Waals surface area contributed by atoms with Crippen LogP contribution in [0.5, 0.6) is 0 Å². The van der Waals surface area contributed by atoms with Crippen LogP contribution < -0.4 is 10.6 Å². The highest BCUT2D eigenvalue weighted by Gasteiger charge is 2.03. The van der Waals surface area contributed by atoms with Crippen molar-refractivity contribution >= 4 is 17.8 Å². The van der Waals surface area contributed by atoms with E-state index in [1.54, 1.807) is 16.9 Å². The number of carboxylic acid groups (broad SMARTS) is 1. The van der Waals surface area contributed by atoms with Crippen molar-refractivity contribution in [1.29, 1.82) is 0 Å². The van der Waals surface area contributed by atoms with Crippen molar-refractivity contribution in [3.63, 3.8) is 0 Å². The average Bonchev–Trinajstić information content (AvgIpc) is 2.81. The van der Waals surface area contributed by atoms with Crippen molar-refractivity contribution in [2.45, 2.75) is 39.2 Å². The molecule has 0 saturated heterocycles. The topological polar surface area (TPSA) is 96.2 Å². The summed E-state index contributed by atoms with van der Waals surface area (Å²) in [6, 6.07) is 1.44. The molecular weight excluding hydrogens is 248 g/mol. The Balaban J connectivity index is 2.09. The number of hydrogen-bond donors (Lipinski definition) is 3. The van der Waals surface area contributed by atoms with Gasteiger partial charge in [0, 0.05) is 31.8 Å². The van der Waals surface area contributed by atoms with Crippen LogP contribution in [0.25, 0.3) is 0 Å². The van der Waals surface area contributed by atoms with Crippen molar-refractivity contribution in [2.75, 3.05) is 11.9 Å². The van der Waals surface area contributed by atoms with E-state index in [0.29, 0.717) is 18.8 Å². The van der Waals surface area contributed by atoms with Crippen molar-refractivity contribution in [2.24, 2.45) is 0 Å². The maximum atomic E-state index is 11.5. The summed E-state index contributed by atoms with van der Waals surface area (Å²) in [5, 5.41) is 17.9. The lowest BCUT2D eigenvalue weighted by atomic mass is 10.2. The summed E-state index contributed by atoms with van der Waals surface area (Å²) in [7, 11) is 0. The zero-order chi connectivity index (χ0) is 14.1. The van der Waals surface area contributed by atoms with Crippen molar-refractivity contribution in [3.8, 4) is 0 Å². The number of anilines is 1. The number of urea groups is 1. The minimum absolute atomic E-state index is 0.181. The molecule has 0 aliphatic heterocycles. The van der Waals surface area contributed by atoms with Gasteiger partial charge in [-0.05, 0) is 19.8 Å². The lowest BCUT2D eigenvalue weighted by Gasteiger charge is -2.05. The van der Waals surface area contributed by atoms with Crippen LogP contribution in [0.15, 0.2) is 12.3 Å². The maximum Gasteiger partial charge on any atom is 0.320 e. The predicted octanol–water partition coefficient (Wildman–Crippen LogP) is 1.67. The Morgan fingerprint density at radius 3 is 2.79 bits per heavy atom. The van der Waals surface area contributed by atoms with Crippen LogP contribution in [0.3, 0.4) is 0 Å². The van der Waals surface area contributed by atoms with Crippen molar-refractivity contribution < 1.29 is 14.7 Å². The molecule has 3 N–H and O–H groups in total. The van der Waals surface area contributed by atoms with E-state index in [1.807, 2.05) is 6.92 Å². The summed E-state index contributed by atoms with van der Waals surface area (Å²) in [6.45, 7) is 3.25. The summed E-state index contributed by atoms with van der Waals surface area (Å²) >= 11 is 0. The number of aromatic nitrogens is 2. The molecule has 19 heavy (non-hydrogen) atoms. The molecule has 0 bridgehead atoms. The summed E-state index contributed by atoms with van der Waals surface area (Å²) < 4.78 is 1.72. The molecule has 0 aromatic carbocycles. The van der Waals surface area contributed by atoms with E-state index < -0.39 is 5.97 Å². The van der Waals surface area contributed by atoms with Crippen LogP contribution in [-0.4, -0.2) is 33.4 Å². The number of carbonyl (C=O) groups excluding carboxylic acids is 1. The van der Waals surface area contributed by atoms with Crippen LogP contribution in [-0.2, 0) is 11.3 Å². The highest BCUT2D eigenvalue weighted by Crippen LogP contribution is 2.02. The number of amides is 2. The molecule has 0 unspecified atom stereocenters. The second-order valence-electron chi connectivity index (χ2n) is 4.14. The molecular formula is C12H20N4O3. The van der Waals surface area contributed by atoms with E-state index in [1.165, 1.54) is 0 Å². The monoisotopic (exact) mass is 268 g/mol. The Morgan fingerprint density at radius 1 is 1.37 bits per heavy atom. The van der Waals surface area contributed by atoms with Gasteiger partial charge in [-0.25, -0.2) is 4.79 Å². The van der Waals surface area contributed by atoms with Gasteiger partial charge in [-0.1, -0.05) is 6.42 Å². The van der Waals surface area contributed by atoms with Gasteiger partial charge < -0.3 is 10.4 Å². The summed E-state index contributed by atoms with van der Waals surface area (Å²) in [5.41, 5.74) is 0. The SMILES string of the molecule is CCn1ccc(NC(=O)NCCCCCC(=O)O)n1. The normalized spacial score (nSPS) is 10.2. The minimum Gasteiger partial charge on any atom is -0.481 e. The van der Waals surface area contributed by atoms with Gasteiger partial charge in [-0.3, -0.25) is 14.8 Å². The zero-order valence-corrected chi connectivity index (χ0v) is 11.1. The number of carboxylic acids is 1. The molecule has 1 aromatic rings. The van der Waals surface area contributed by atoms with Crippen molar-refractivity contribution in [1.82, 2.24) is 15.1 Å². The molecule has 0 spiro atoms. The fourth-order valence-electron chi connectivity index (χ4n) is 1.54. The third-order valence-electron chi connectivity index (χ3n) is 2.56. The zero-order valence-electron chi connectivity index (χ0n) is 11.1. The molecule has 1 heterocycles. The summed E-state index contributed by atoms with van der Waals surface area (Å²) in [5.74, 6) is -0.262. The Labute approximate surface area is 112 Å². The highest BCUT2D eigenvalue weighted by atomic mass is 16.4. The first-order chi connectivity index (χ1) is 9.11. The second kappa shape index (κ2) is 8.12. The lowest BCUT2D eigenvalue weighted by molar-refractivity contribution is -0.137. The molecule has 2 amide bonds. The molecule has 1 aromatic heterocycles. The second-order valence-corrected chi connectivity index (χ2v) is 4.14. The molecule has 7 nitrogen and oxygen atoms in total. The van der Waals surface area contributed by atoms with Crippen LogP contribution in [0.2, 0.25) is 0 Å². The molecule has 106 valence electrons. The first-order valence-corrected chi connectivity index (χ1v) is 6.42. The molecule has 0 saturated carbocycles. The quantitative estimate of drug-likeness (QED) is 0.625. The third kappa shape index (κ3) is 6.44. The molecule has 0 atom stereocenters. The number of carbonyl (C=O) groups is 2. The summed E-state index contributed by atoms with van der Waals surface area (Å²) in [4.78, 5) is 21.8. The highest BCUT2D eigenvalue weighted by molar-refractivity contribution is 5.88. The molecule has 0 radical (unpaired) electrons. The summed E-state index contributed by atoms with van der Waals surface area (Å²) in [6.07, 6.45) is 4.17. The van der Waals surface area contributed by atoms with Gasteiger partial charge in [0.2, 0.25) is 0 Å². The van der Waals surface area contributed by atoms with E-state index in [4.69, 9.17) is 5.11 Å². The van der Waals surface area contributed by atoms with Crippen LogP contribution >= 0.6 is 0 Å². The molecule has 0 aliphatic carbocycles. The number of unbranched alkanes of at least 4 members (excludes halogenated alkanes) is 2. The van der Waals surface area contributed by atoms with Crippen molar-refractivity contribution in [3.05, 3.63) is 12.3 Å². The Hall–Kier alpha value is -2.05. The minimum atomic E-state index is -0.780. The first kappa shape index (κ1) is 15.0. The molecule has 7 heteroatoms. The lowest BCUT2D eigenvalue weighted by Crippen LogP contribution is -2.29. The van der Waals surface area contributed by atoms with Crippen LogP contribution in [0.4, 0.5) is 10.6 Å². The number of aryl methyl sites for hydroxylation is 1. The molecule has 0 aliphatic rings.